The molecule has 2 atom stereocenters. The molecular weight excluding hydrogens is 182 g/mol. The topological polar surface area (TPSA) is 81.1 Å². The van der Waals surface area contributed by atoms with Crippen LogP contribution in [0.1, 0.15) is 24.4 Å². The molecule has 0 saturated carbocycles. The third-order valence-electron chi connectivity index (χ3n) is 2.24. The number of rotatable bonds is 3. The number of aliphatic carboxylic acids is 1. The first-order chi connectivity index (χ1) is 6.43. The van der Waals surface area contributed by atoms with Gasteiger partial charge in [-0.2, -0.15) is 5.10 Å². The summed E-state index contributed by atoms with van der Waals surface area (Å²) < 4.78 is 1.65. The summed E-state index contributed by atoms with van der Waals surface area (Å²) in [5, 5.41) is 12.9. The van der Waals surface area contributed by atoms with E-state index < -0.39 is 12.0 Å². The van der Waals surface area contributed by atoms with Gasteiger partial charge in [-0.05, 0) is 26.8 Å². The Hall–Kier alpha value is -1.36. The van der Waals surface area contributed by atoms with E-state index >= 15 is 0 Å². The normalized spacial score (nSPS) is 15.1. The molecule has 1 rings (SSSR count). The number of aromatic nitrogens is 2. The first-order valence-corrected chi connectivity index (χ1v) is 4.44. The minimum Gasteiger partial charge on any atom is -0.480 e. The van der Waals surface area contributed by atoms with Gasteiger partial charge in [0.25, 0.3) is 0 Å². The highest BCUT2D eigenvalue weighted by Gasteiger charge is 2.23. The zero-order valence-corrected chi connectivity index (χ0v) is 8.56. The Kier molecular flexibility index (Phi) is 2.90. The summed E-state index contributed by atoms with van der Waals surface area (Å²) in [7, 11) is 0. The van der Waals surface area contributed by atoms with Crippen LogP contribution >= 0.6 is 0 Å². The molecule has 14 heavy (non-hydrogen) atoms. The molecule has 1 heterocycles. The van der Waals surface area contributed by atoms with Crippen LogP contribution in [0.15, 0.2) is 6.07 Å². The first-order valence-electron chi connectivity index (χ1n) is 4.44. The van der Waals surface area contributed by atoms with Crippen LogP contribution in [-0.2, 0) is 4.79 Å². The van der Waals surface area contributed by atoms with Crippen molar-refractivity contribution in [3.8, 4) is 0 Å². The average Bonchev–Trinajstić information content (AvgIpc) is 2.42. The van der Waals surface area contributed by atoms with E-state index in [1.165, 1.54) is 0 Å². The number of hydrogen-bond donors (Lipinski definition) is 2. The Morgan fingerprint density at radius 1 is 1.64 bits per heavy atom. The highest BCUT2D eigenvalue weighted by molar-refractivity contribution is 5.73. The van der Waals surface area contributed by atoms with Gasteiger partial charge in [-0.15, -0.1) is 0 Å². The Labute approximate surface area is 82.5 Å². The average molecular weight is 197 g/mol. The van der Waals surface area contributed by atoms with E-state index in [1.807, 2.05) is 19.9 Å². The van der Waals surface area contributed by atoms with Crippen molar-refractivity contribution >= 4 is 5.97 Å². The minimum absolute atomic E-state index is 0.332. The largest absolute Gasteiger partial charge is 0.480 e. The van der Waals surface area contributed by atoms with Crippen molar-refractivity contribution in [1.29, 1.82) is 0 Å². The Morgan fingerprint density at radius 3 is 2.57 bits per heavy atom. The van der Waals surface area contributed by atoms with Gasteiger partial charge in [-0.1, -0.05) is 0 Å². The lowest BCUT2D eigenvalue weighted by Crippen LogP contribution is -2.38. The molecule has 5 heteroatoms. The van der Waals surface area contributed by atoms with Crippen molar-refractivity contribution in [2.24, 2.45) is 5.73 Å². The van der Waals surface area contributed by atoms with Crippen LogP contribution in [-0.4, -0.2) is 26.9 Å². The van der Waals surface area contributed by atoms with Gasteiger partial charge >= 0.3 is 5.97 Å². The predicted octanol–water partition coefficient (Wildman–Crippen LogP) is 0.473. The number of nitrogens with zero attached hydrogens (tertiary/aromatic N) is 2. The van der Waals surface area contributed by atoms with Gasteiger partial charge < -0.3 is 10.8 Å². The zero-order valence-electron chi connectivity index (χ0n) is 8.56. The molecule has 0 radical (unpaired) electrons. The maximum atomic E-state index is 10.7. The molecule has 0 bridgehead atoms. The lowest BCUT2D eigenvalue weighted by Gasteiger charge is -2.17. The molecular formula is C9H15N3O2. The molecule has 0 aliphatic carbocycles. The molecule has 0 spiro atoms. The van der Waals surface area contributed by atoms with Crippen LogP contribution in [0, 0.1) is 13.8 Å². The van der Waals surface area contributed by atoms with E-state index in [9.17, 15) is 4.79 Å². The SMILES string of the molecule is Cc1cc(C)n(C(C)C(N)C(=O)O)n1. The maximum absolute atomic E-state index is 10.7. The van der Waals surface area contributed by atoms with Crippen molar-refractivity contribution in [1.82, 2.24) is 9.78 Å². The lowest BCUT2D eigenvalue weighted by atomic mass is 10.1. The number of carbonyl (C=O) groups is 1. The summed E-state index contributed by atoms with van der Waals surface area (Å²) in [6.07, 6.45) is 0. The Balaban J connectivity index is 2.94. The molecule has 1 aromatic rings. The highest BCUT2D eigenvalue weighted by atomic mass is 16.4. The maximum Gasteiger partial charge on any atom is 0.322 e. The summed E-state index contributed by atoms with van der Waals surface area (Å²) in [5.41, 5.74) is 7.30. The van der Waals surface area contributed by atoms with Crippen LogP contribution in [0.3, 0.4) is 0 Å². The van der Waals surface area contributed by atoms with Gasteiger partial charge in [-0.3, -0.25) is 9.48 Å². The minimum atomic E-state index is -1.01. The quantitative estimate of drug-likeness (QED) is 0.738. The molecule has 1 aromatic heterocycles. The first kappa shape index (κ1) is 10.7. The van der Waals surface area contributed by atoms with Crippen molar-refractivity contribution < 1.29 is 9.90 Å². The Bertz CT molecular complexity index is 346. The molecule has 0 aliphatic rings. The zero-order chi connectivity index (χ0) is 10.9. The van der Waals surface area contributed by atoms with Gasteiger partial charge in [0, 0.05) is 5.69 Å². The summed E-state index contributed by atoms with van der Waals surface area (Å²) >= 11 is 0. The number of aryl methyl sites for hydroxylation is 2. The standard InChI is InChI=1S/C9H15N3O2/c1-5-4-6(2)12(11-5)7(3)8(10)9(13)14/h4,7-8H,10H2,1-3H3,(H,13,14). The molecule has 0 aliphatic heterocycles. The van der Waals surface area contributed by atoms with E-state index in [2.05, 4.69) is 5.10 Å². The monoisotopic (exact) mass is 197 g/mol. The molecule has 2 unspecified atom stereocenters. The third kappa shape index (κ3) is 1.93. The summed E-state index contributed by atoms with van der Waals surface area (Å²) in [6.45, 7) is 5.49. The molecule has 78 valence electrons. The molecule has 0 fully saturated rings. The lowest BCUT2D eigenvalue weighted by molar-refractivity contribution is -0.139. The van der Waals surface area contributed by atoms with Crippen molar-refractivity contribution in [2.75, 3.05) is 0 Å². The summed E-state index contributed by atoms with van der Waals surface area (Å²) in [4.78, 5) is 10.7. The second kappa shape index (κ2) is 3.79. The van der Waals surface area contributed by atoms with Gasteiger partial charge in [-0.25, -0.2) is 0 Å². The van der Waals surface area contributed by atoms with Crippen LogP contribution in [0.2, 0.25) is 0 Å². The second-order valence-electron chi connectivity index (χ2n) is 3.48. The fraction of sp³-hybridized carbons (Fsp3) is 0.556. The van der Waals surface area contributed by atoms with Gasteiger partial charge in [0.15, 0.2) is 0 Å². The fourth-order valence-electron chi connectivity index (χ4n) is 1.42. The molecule has 0 saturated heterocycles. The summed E-state index contributed by atoms with van der Waals surface area (Å²) in [6, 6.07) is 0.639. The number of carboxylic acid groups (broad SMARTS) is 1. The Morgan fingerprint density at radius 2 is 2.21 bits per heavy atom. The van der Waals surface area contributed by atoms with Gasteiger partial charge in [0.2, 0.25) is 0 Å². The molecule has 0 amide bonds. The highest BCUT2D eigenvalue weighted by Crippen LogP contribution is 2.13. The van der Waals surface area contributed by atoms with Crippen LogP contribution in [0.4, 0.5) is 0 Å². The van der Waals surface area contributed by atoms with E-state index in [0.717, 1.165) is 11.4 Å². The van der Waals surface area contributed by atoms with Crippen LogP contribution in [0.5, 0.6) is 0 Å². The third-order valence-corrected chi connectivity index (χ3v) is 2.24. The number of nitrogens with two attached hydrogens (primary N) is 1. The van der Waals surface area contributed by atoms with E-state index in [1.54, 1.807) is 11.6 Å². The van der Waals surface area contributed by atoms with Crippen molar-refractivity contribution in [2.45, 2.75) is 32.9 Å². The summed E-state index contributed by atoms with van der Waals surface area (Å²) in [5.74, 6) is -1.01. The predicted molar refractivity (Wildman–Crippen MR) is 52.0 cm³/mol. The van der Waals surface area contributed by atoms with Gasteiger partial charge in [0.1, 0.15) is 6.04 Å². The van der Waals surface area contributed by atoms with E-state index in [4.69, 9.17) is 10.8 Å². The van der Waals surface area contributed by atoms with Crippen molar-refractivity contribution in [3.63, 3.8) is 0 Å². The second-order valence-corrected chi connectivity index (χ2v) is 3.48. The van der Waals surface area contributed by atoms with E-state index in [0.29, 0.717) is 0 Å². The molecule has 3 N–H and O–H groups in total. The fourth-order valence-corrected chi connectivity index (χ4v) is 1.42. The molecule has 0 aromatic carbocycles. The molecule has 5 nitrogen and oxygen atoms in total. The van der Waals surface area contributed by atoms with Crippen LogP contribution in [0.25, 0.3) is 0 Å². The smallest absolute Gasteiger partial charge is 0.322 e. The number of carboxylic acids is 1. The van der Waals surface area contributed by atoms with Gasteiger partial charge in [0.05, 0.1) is 11.7 Å². The van der Waals surface area contributed by atoms with Crippen molar-refractivity contribution in [3.05, 3.63) is 17.5 Å². The van der Waals surface area contributed by atoms with Crippen LogP contribution < -0.4 is 5.73 Å². The van der Waals surface area contributed by atoms with E-state index in [-0.39, 0.29) is 6.04 Å². The number of hydrogen-bond acceptors (Lipinski definition) is 3.